The summed E-state index contributed by atoms with van der Waals surface area (Å²) in [6, 6.07) is 7.56. The zero-order valence-corrected chi connectivity index (χ0v) is 10.3. The molecule has 0 aromatic heterocycles. The predicted molar refractivity (Wildman–Crippen MR) is 67.0 cm³/mol. The molecule has 0 fully saturated rings. The average Bonchev–Trinajstić information content (AvgIpc) is 2.38. The summed E-state index contributed by atoms with van der Waals surface area (Å²) in [6.07, 6.45) is 4.90. The van der Waals surface area contributed by atoms with Crippen LogP contribution in [0.4, 0.5) is 0 Å². The first kappa shape index (κ1) is 13.7. The Balaban J connectivity index is 2.49. The van der Waals surface area contributed by atoms with E-state index in [0.29, 0.717) is 5.56 Å². The second kappa shape index (κ2) is 7.85. The van der Waals surface area contributed by atoms with Gasteiger partial charge in [0.05, 0.1) is 12.7 Å². The minimum atomic E-state index is -0.268. The van der Waals surface area contributed by atoms with Gasteiger partial charge in [-0.15, -0.1) is 0 Å². The second-order valence-corrected chi connectivity index (χ2v) is 4.04. The fourth-order valence-corrected chi connectivity index (χ4v) is 1.83. The van der Waals surface area contributed by atoms with Gasteiger partial charge in [0, 0.05) is 6.61 Å². The Bertz CT molecular complexity index is 347. The van der Waals surface area contributed by atoms with Gasteiger partial charge in [-0.05, 0) is 30.9 Å². The van der Waals surface area contributed by atoms with Gasteiger partial charge in [0.2, 0.25) is 0 Å². The largest absolute Gasteiger partial charge is 0.465 e. The van der Waals surface area contributed by atoms with Crippen LogP contribution in [0.5, 0.6) is 0 Å². The van der Waals surface area contributed by atoms with E-state index in [1.807, 2.05) is 18.2 Å². The number of carbonyl (C=O) groups excluding carboxylic acids is 1. The van der Waals surface area contributed by atoms with Gasteiger partial charge in [0.15, 0.2) is 0 Å². The van der Waals surface area contributed by atoms with Crippen molar-refractivity contribution in [1.82, 2.24) is 0 Å². The number of benzene rings is 1. The summed E-state index contributed by atoms with van der Waals surface area (Å²) in [4.78, 5) is 11.5. The number of hydrogen-bond donors (Lipinski definition) is 1. The first-order valence-corrected chi connectivity index (χ1v) is 6.06. The zero-order chi connectivity index (χ0) is 12.5. The molecule has 0 aliphatic rings. The van der Waals surface area contributed by atoms with Gasteiger partial charge >= 0.3 is 5.97 Å². The summed E-state index contributed by atoms with van der Waals surface area (Å²) in [5.74, 6) is -0.268. The maximum atomic E-state index is 11.5. The van der Waals surface area contributed by atoms with E-state index in [1.54, 1.807) is 6.07 Å². The molecule has 94 valence electrons. The molecule has 0 heterocycles. The van der Waals surface area contributed by atoms with E-state index in [1.165, 1.54) is 7.11 Å². The van der Waals surface area contributed by atoms with Gasteiger partial charge < -0.3 is 9.84 Å². The van der Waals surface area contributed by atoms with Crippen molar-refractivity contribution in [3.05, 3.63) is 35.4 Å². The molecule has 0 amide bonds. The highest BCUT2D eigenvalue weighted by Gasteiger charge is 2.09. The van der Waals surface area contributed by atoms with E-state index in [0.717, 1.165) is 37.7 Å². The molecular weight excluding hydrogens is 216 g/mol. The average molecular weight is 236 g/mol. The zero-order valence-electron chi connectivity index (χ0n) is 10.3. The van der Waals surface area contributed by atoms with E-state index in [2.05, 4.69) is 0 Å². The highest BCUT2D eigenvalue weighted by Crippen LogP contribution is 2.14. The number of aliphatic hydroxyl groups is 1. The quantitative estimate of drug-likeness (QED) is 0.584. The summed E-state index contributed by atoms with van der Waals surface area (Å²) >= 11 is 0. The van der Waals surface area contributed by atoms with Gasteiger partial charge in [-0.2, -0.15) is 0 Å². The van der Waals surface area contributed by atoms with Crippen LogP contribution in [0.3, 0.4) is 0 Å². The van der Waals surface area contributed by atoms with Gasteiger partial charge in [0.1, 0.15) is 0 Å². The highest BCUT2D eigenvalue weighted by atomic mass is 16.5. The number of unbranched alkanes of at least 4 members (excludes halogenated alkanes) is 3. The van der Waals surface area contributed by atoms with Gasteiger partial charge in [-0.1, -0.05) is 31.0 Å². The van der Waals surface area contributed by atoms with Crippen molar-refractivity contribution in [1.29, 1.82) is 0 Å². The Morgan fingerprint density at radius 2 is 1.88 bits per heavy atom. The number of esters is 1. The first-order chi connectivity index (χ1) is 8.29. The van der Waals surface area contributed by atoms with Crippen molar-refractivity contribution in [2.24, 2.45) is 0 Å². The molecule has 0 bridgehead atoms. The van der Waals surface area contributed by atoms with Crippen LogP contribution in [0, 0.1) is 0 Å². The van der Waals surface area contributed by atoms with Gasteiger partial charge in [-0.3, -0.25) is 0 Å². The van der Waals surface area contributed by atoms with Crippen LogP contribution >= 0.6 is 0 Å². The van der Waals surface area contributed by atoms with E-state index in [4.69, 9.17) is 9.84 Å². The SMILES string of the molecule is COC(=O)c1ccccc1CCCCCCO. The number of carbonyl (C=O) groups is 1. The Kier molecular flexibility index (Phi) is 6.33. The normalized spacial score (nSPS) is 10.2. The number of methoxy groups -OCH3 is 1. The maximum Gasteiger partial charge on any atom is 0.338 e. The fourth-order valence-electron chi connectivity index (χ4n) is 1.83. The molecule has 0 aliphatic carbocycles. The van der Waals surface area contributed by atoms with Crippen molar-refractivity contribution in [2.75, 3.05) is 13.7 Å². The molecule has 0 aliphatic heterocycles. The lowest BCUT2D eigenvalue weighted by Gasteiger charge is -2.07. The third kappa shape index (κ3) is 4.57. The fraction of sp³-hybridized carbons (Fsp3) is 0.500. The van der Waals surface area contributed by atoms with Gasteiger partial charge in [-0.25, -0.2) is 4.79 Å². The monoisotopic (exact) mass is 236 g/mol. The molecule has 0 unspecified atom stereocenters. The second-order valence-electron chi connectivity index (χ2n) is 4.04. The Morgan fingerprint density at radius 3 is 2.59 bits per heavy atom. The van der Waals surface area contributed by atoms with Crippen LogP contribution in [-0.2, 0) is 11.2 Å². The summed E-state index contributed by atoms with van der Waals surface area (Å²) in [5.41, 5.74) is 1.71. The van der Waals surface area contributed by atoms with Crippen molar-refractivity contribution in [3.63, 3.8) is 0 Å². The van der Waals surface area contributed by atoms with Crippen LogP contribution < -0.4 is 0 Å². The Hall–Kier alpha value is -1.35. The minimum Gasteiger partial charge on any atom is -0.465 e. The van der Waals surface area contributed by atoms with E-state index in [9.17, 15) is 4.79 Å². The molecule has 0 radical (unpaired) electrons. The summed E-state index contributed by atoms with van der Waals surface area (Å²) in [5, 5.41) is 8.67. The van der Waals surface area contributed by atoms with Crippen LogP contribution in [0.15, 0.2) is 24.3 Å². The third-order valence-corrected chi connectivity index (χ3v) is 2.78. The number of rotatable bonds is 7. The summed E-state index contributed by atoms with van der Waals surface area (Å²) < 4.78 is 4.75. The molecule has 3 heteroatoms. The van der Waals surface area contributed by atoms with Crippen molar-refractivity contribution in [2.45, 2.75) is 32.1 Å². The molecule has 0 saturated carbocycles. The van der Waals surface area contributed by atoms with Crippen LogP contribution in [0.2, 0.25) is 0 Å². The first-order valence-electron chi connectivity index (χ1n) is 6.06. The molecule has 0 atom stereocenters. The highest BCUT2D eigenvalue weighted by molar-refractivity contribution is 5.90. The molecule has 0 spiro atoms. The van der Waals surface area contributed by atoms with Crippen molar-refractivity contribution < 1.29 is 14.6 Å². The number of aliphatic hydroxyl groups excluding tert-OH is 1. The molecule has 17 heavy (non-hydrogen) atoms. The van der Waals surface area contributed by atoms with Crippen molar-refractivity contribution >= 4 is 5.97 Å². The van der Waals surface area contributed by atoms with Crippen LogP contribution in [0.1, 0.15) is 41.6 Å². The smallest absolute Gasteiger partial charge is 0.338 e. The molecule has 1 N–H and O–H groups in total. The van der Waals surface area contributed by atoms with E-state index >= 15 is 0 Å². The standard InChI is InChI=1S/C14H20O3/c1-17-14(16)13-10-6-5-9-12(13)8-4-2-3-7-11-15/h5-6,9-10,15H,2-4,7-8,11H2,1H3. The number of aryl methyl sites for hydroxylation is 1. The molecule has 0 saturated heterocycles. The lowest BCUT2D eigenvalue weighted by molar-refractivity contribution is 0.0599. The molecule has 1 rings (SSSR count). The summed E-state index contributed by atoms with van der Waals surface area (Å²) in [6.45, 7) is 0.263. The lowest BCUT2D eigenvalue weighted by atomic mass is 10.0. The van der Waals surface area contributed by atoms with Crippen LogP contribution in [0.25, 0.3) is 0 Å². The van der Waals surface area contributed by atoms with E-state index < -0.39 is 0 Å². The number of hydrogen-bond acceptors (Lipinski definition) is 3. The van der Waals surface area contributed by atoms with Gasteiger partial charge in [0.25, 0.3) is 0 Å². The Morgan fingerprint density at radius 1 is 1.18 bits per heavy atom. The number of ether oxygens (including phenoxy) is 1. The molecular formula is C14H20O3. The topological polar surface area (TPSA) is 46.5 Å². The third-order valence-electron chi connectivity index (χ3n) is 2.78. The maximum absolute atomic E-state index is 11.5. The predicted octanol–water partition coefficient (Wildman–Crippen LogP) is 2.57. The molecule has 1 aromatic carbocycles. The molecule has 3 nitrogen and oxygen atoms in total. The molecule has 1 aromatic rings. The minimum absolute atomic E-state index is 0.263. The Labute approximate surface area is 102 Å². The lowest BCUT2D eigenvalue weighted by Crippen LogP contribution is -2.05. The summed E-state index contributed by atoms with van der Waals surface area (Å²) in [7, 11) is 1.40. The van der Waals surface area contributed by atoms with E-state index in [-0.39, 0.29) is 12.6 Å². The van der Waals surface area contributed by atoms with Crippen molar-refractivity contribution in [3.8, 4) is 0 Å². The van der Waals surface area contributed by atoms with Crippen LogP contribution in [-0.4, -0.2) is 24.8 Å².